The second kappa shape index (κ2) is 6.95. The molecule has 1 aliphatic rings. The van der Waals surface area contributed by atoms with Gasteiger partial charge in [-0.1, -0.05) is 23.9 Å². The van der Waals surface area contributed by atoms with Crippen LogP contribution in [-0.2, 0) is 10.5 Å². The Balaban J connectivity index is 1.62. The van der Waals surface area contributed by atoms with E-state index in [1.807, 2.05) is 4.57 Å². The summed E-state index contributed by atoms with van der Waals surface area (Å²) in [5.41, 5.74) is 0.832. The smallest absolute Gasteiger partial charge is 0.341 e. The molecule has 1 aromatic carbocycles. The number of rotatable bonds is 6. The second-order valence-corrected chi connectivity index (χ2v) is 6.87. The zero-order valence-electron chi connectivity index (χ0n) is 14.0. The molecule has 0 amide bonds. The average molecular weight is 373 g/mol. The lowest BCUT2D eigenvalue weighted by molar-refractivity contribution is 0.0598. The molecular weight excluding hydrogens is 357 g/mol. The van der Waals surface area contributed by atoms with E-state index in [-0.39, 0.29) is 11.9 Å². The van der Waals surface area contributed by atoms with Crippen LogP contribution < -0.4 is 0 Å². The first-order valence-corrected chi connectivity index (χ1v) is 9.15. The third-order valence-corrected chi connectivity index (χ3v) is 5.12. The minimum Gasteiger partial charge on any atom is -0.468 e. The maximum absolute atomic E-state index is 14.2. The monoisotopic (exact) mass is 373 g/mol. The van der Waals surface area contributed by atoms with Crippen LogP contribution in [0.5, 0.6) is 0 Å². The van der Waals surface area contributed by atoms with E-state index in [2.05, 4.69) is 10.2 Å². The lowest BCUT2D eigenvalue weighted by Gasteiger charge is -2.09. The Morgan fingerprint density at radius 1 is 1.35 bits per heavy atom. The zero-order valence-corrected chi connectivity index (χ0v) is 14.8. The van der Waals surface area contributed by atoms with Crippen molar-refractivity contribution < 1.29 is 18.3 Å². The SMILES string of the molecule is COC(=O)c1ccoc1CSc1nnc(-c2ccccc2F)n1C1CC1. The van der Waals surface area contributed by atoms with Crippen LogP contribution in [-0.4, -0.2) is 27.8 Å². The number of hydrogen-bond donors (Lipinski definition) is 0. The number of benzene rings is 1. The van der Waals surface area contributed by atoms with Gasteiger partial charge in [-0.25, -0.2) is 9.18 Å². The van der Waals surface area contributed by atoms with E-state index in [1.165, 1.54) is 31.2 Å². The Morgan fingerprint density at radius 2 is 2.15 bits per heavy atom. The maximum Gasteiger partial charge on any atom is 0.341 e. The number of methoxy groups -OCH3 is 1. The van der Waals surface area contributed by atoms with Gasteiger partial charge in [0.15, 0.2) is 11.0 Å². The van der Waals surface area contributed by atoms with Gasteiger partial charge in [-0.2, -0.15) is 0 Å². The van der Waals surface area contributed by atoms with E-state index in [9.17, 15) is 9.18 Å². The molecule has 0 radical (unpaired) electrons. The Labute approximate surface area is 153 Å². The van der Waals surface area contributed by atoms with Gasteiger partial charge in [0.1, 0.15) is 17.1 Å². The number of furan rings is 1. The van der Waals surface area contributed by atoms with E-state index in [4.69, 9.17) is 9.15 Å². The van der Waals surface area contributed by atoms with Crippen molar-refractivity contribution in [1.82, 2.24) is 14.8 Å². The van der Waals surface area contributed by atoms with Crippen LogP contribution in [0.25, 0.3) is 11.4 Å². The molecule has 134 valence electrons. The molecular formula is C18H16FN3O3S. The number of nitrogens with zero attached hydrogens (tertiary/aromatic N) is 3. The van der Waals surface area contributed by atoms with Crippen molar-refractivity contribution in [3.05, 3.63) is 53.7 Å². The Bertz CT molecular complexity index is 949. The molecule has 0 aliphatic heterocycles. The van der Waals surface area contributed by atoms with Gasteiger partial charge < -0.3 is 9.15 Å². The van der Waals surface area contributed by atoms with Crippen molar-refractivity contribution in [2.75, 3.05) is 7.11 Å². The largest absolute Gasteiger partial charge is 0.468 e. The highest BCUT2D eigenvalue weighted by atomic mass is 32.2. The summed E-state index contributed by atoms with van der Waals surface area (Å²) in [5, 5.41) is 9.13. The number of ether oxygens (including phenoxy) is 1. The van der Waals surface area contributed by atoms with E-state index in [0.29, 0.717) is 33.6 Å². The summed E-state index contributed by atoms with van der Waals surface area (Å²) in [6, 6.07) is 8.41. The Morgan fingerprint density at radius 3 is 2.88 bits per heavy atom. The van der Waals surface area contributed by atoms with E-state index in [1.54, 1.807) is 24.3 Å². The number of hydrogen-bond acceptors (Lipinski definition) is 6. The summed E-state index contributed by atoms with van der Waals surface area (Å²) in [6.45, 7) is 0. The van der Waals surface area contributed by atoms with E-state index in [0.717, 1.165) is 12.8 Å². The molecule has 3 aromatic rings. The molecule has 1 aliphatic carbocycles. The van der Waals surface area contributed by atoms with Crippen molar-refractivity contribution in [3.63, 3.8) is 0 Å². The number of thioether (sulfide) groups is 1. The molecule has 0 N–H and O–H groups in total. The van der Waals surface area contributed by atoms with Gasteiger partial charge >= 0.3 is 5.97 Å². The van der Waals surface area contributed by atoms with Crippen molar-refractivity contribution in [2.24, 2.45) is 0 Å². The first-order valence-electron chi connectivity index (χ1n) is 8.16. The molecule has 6 nitrogen and oxygen atoms in total. The lowest BCUT2D eigenvalue weighted by Crippen LogP contribution is -2.03. The fraction of sp³-hybridized carbons (Fsp3) is 0.278. The topological polar surface area (TPSA) is 70.2 Å². The molecule has 8 heteroatoms. The predicted molar refractivity (Wildman–Crippen MR) is 93.3 cm³/mol. The van der Waals surface area contributed by atoms with Crippen LogP contribution in [0.2, 0.25) is 0 Å². The minimum absolute atomic E-state index is 0.277. The van der Waals surface area contributed by atoms with Crippen LogP contribution >= 0.6 is 11.8 Å². The van der Waals surface area contributed by atoms with Gasteiger partial charge in [0.2, 0.25) is 0 Å². The molecule has 26 heavy (non-hydrogen) atoms. The fourth-order valence-electron chi connectivity index (χ4n) is 2.74. The molecule has 0 saturated heterocycles. The first-order chi connectivity index (χ1) is 12.7. The van der Waals surface area contributed by atoms with Crippen molar-refractivity contribution >= 4 is 17.7 Å². The van der Waals surface area contributed by atoms with Crippen molar-refractivity contribution in [1.29, 1.82) is 0 Å². The molecule has 0 spiro atoms. The minimum atomic E-state index is -0.440. The molecule has 4 rings (SSSR count). The number of carbonyl (C=O) groups is 1. The summed E-state index contributed by atoms with van der Waals surface area (Å²) in [4.78, 5) is 11.8. The predicted octanol–water partition coefficient (Wildman–Crippen LogP) is 4.09. The zero-order chi connectivity index (χ0) is 18.1. The molecule has 0 unspecified atom stereocenters. The van der Waals surface area contributed by atoms with Gasteiger partial charge in [-0.3, -0.25) is 4.57 Å². The number of carbonyl (C=O) groups excluding carboxylic acids is 1. The molecule has 0 bridgehead atoms. The molecule has 1 saturated carbocycles. The lowest BCUT2D eigenvalue weighted by atomic mass is 10.2. The highest BCUT2D eigenvalue weighted by Crippen LogP contribution is 2.42. The highest BCUT2D eigenvalue weighted by molar-refractivity contribution is 7.98. The van der Waals surface area contributed by atoms with Crippen LogP contribution in [0, 0.1) is 5.82 Å². The third-order valence-electron chi connectivity index (χ3n) is 4.17. The van der Waals surface area contributed by atoms with Crippen LogP contribution in [0.15, 0.2) is 46.2 Å². The summed E-state index contributed by atoms with van der Waals surface area (Å²) >= 11 is 1.40. The molecule has 0 atom stereocenters. The van der Waals surface area contributed by atoms with Gasteiger partial charge in [-0.05, 0) is 31.0 Å². The summed E-state index contributed by atoms with van der Waals surface area (Å²) < 4.78 is 26.3. The summed E-state index contributed by atoms with van der Waals surface area (Å²) in [5.74, 6) is 0.683. The number of aromatic nitrogens is 3. The van der Waals surface area contributed by atoms with E-state index >= 15 is 0 Å². The third kappa shape index (κ3) is 3.12. The van der Waals surface area contributed by atoms with Gasteiger partial charge in [-0.15, -0.1) is 10.2 Å². The second-order valence-electron chi connectivity index (χ2n) is 5.92. The van der Waals surface area contributed by atoms with Gasteiger partial charge in [0.05, 0.1) is 24.7 Å². The maximum atomic E-state index is 14.2. The number of halogens is 1. The van der Waals surface area contributed by atoms with Crippen LogP contribution in [0.3, 0.4) is 0 Å². The molecule has 2 aromatic heterocycles. The molecule has 1 fully saturated rings. The fourth-order valence-corrected chi connectivity index (χ4v) is 3.69. The summed E-state index contributed by atoms with van der Waals surface area (Å²) in [7, 11) is 1.33. The van der Waals surface area contributed by atoms with E-state index < -0.39 is 5.97 Å². The Kier molecular flexibility index (Phi) is 4.50. The highest BCUT2D eigenvalue weighted by Gasteiger charge is 2.31. The van der Waals surface area contributed by atoms with Crippen molar-refractivity contribution in [3.8, 4) is 11.4 Å². The van der Waals surface area contributed by atoms with Gasteiger partial charge in [0.25, 0.3) is 0 Å². The van der Waals surface area contributed by atoms with Gasteiger partial charge in [0, 0.05) is 6.04 Å². The van der Waals surface area contributed by atoms with Crippen molar-refractivity contribution in [2.45, 2.75) is 29.8 Å². The first kappa shape index (κ1) is 16.8. The van der Waals surface area contributed by atoms with Crippen LogP contribution in [0.4, 0.5) is 4.39 Å². The van der Waals surface area contributed by atoms with Crippen LogP contribution in [0.1, 0.15) is 35.0 Å². The normalized spacial score (nSPS) is 13.8. The number of esters is 1. The summed E-state index contributed by atoms with van der Waals surface area (Å²) in [6.07, 6.45) is 3.49. The average Bonchev–Trinajstić information content (AvgIpc) is 3.23. The molecule has 2 heterocycles. The standard InChI is InChI=1S/C18H16FN3O3S/c1-24-17(23)13-8-9-25-15(13)10-26-18-21-20-16(22(18)11-6-7-11)12-4-2-3-5-14(12)19/h2-5,8-9,11H,6-7,10H2,1H3. The Hall–Kier alpha value is -2.61. The quantitative estimate of drug-likeness (QED) is 0.479.